The first-order chi connectivity index (χ1) is 15.1. The van der Waals surface area contributed by atoms with E-state index >= 15 is 0 Å². The molecule has 4 rings (SSSR count). The number of hydrogen-bond donors (Lipinski definition) is 0. The van der Waals surface area contributed by atoms with Crippen molar-refractivity contribution in [3.63, 3.8) is 0 Å². The van der Waals surface area contributed by atoms with E-state index in [1.54, 1.807) is 55.9 Å². The highest BCUT2D eigenvalue weighted by atomic mass is 32.1. The summed E-state index contributed by atoms with van der Waals surface area (Å²) >= 11 is 1.58. The van der Waals surface area contributed by atoms with Crippen molar-refractivity contribution < 1.29 is 23.7 Å². The maximum absolute atomic E-state index is 12.3. The van der Waals surface area contributed by atoms with Crippen LogP contribution < -0.4 is 14.2 Å². The van der Waals surface area contributed by atoms with Gasteiger partial charge in [-0.3, -0.25) is 0 Å². The Kier molecular flexibility index (Phi) is 5.99. The minimum Gasteiger partial charge on any atom is -0.497 e. The predicted octanol–water partition coefficient (Wildman–Crippen LogP) is 4.39. The molecule has 0 radical (unpaired) electrons. The van der Waals surface area contributed by atoms with Crippen LogP contribution in [0.2, 0.25) is 0 Å². The number of carbonyl (C=O) groups excluding carboxylic acids is 1. The smallest absolute Gasteiger partial charge is 0.363 e. The van der Waals surface area contributed by atoms with Gasteiger partial charge in [0.25, 0.3) is 0 Å². The number of ether oxygens (including phenoxy) is 4. The molecule has 0 spiro atoms. The molecule has 7 nitrogen and oxygen atoms in total. The molecule has 0 amide bonds. The van der Waals surface area contributed by atoms with E-state index < -0.39 is 5.97 Å². The lowest BCUT2D eigenvalue weighted by Gasteiger charge is -2.10. The molecule has 0 N–H and O–H groups in total. The molecule has 2 aromatic carbocycles. The molecule has 1 aliphatic heterocycles. The summed E-state index contributed by atoms with van der Waals surface area (Å²) in [5.74, 6) is 1.51. The number of thiazole rings is 1. The van der Waals surface area contributed by atoms with E-state index in [4.69, 9.17) is 18.9 Å². The summed E-state index contributed by atoms with van der Waals surface area (Å²) in [6.07, 6.45) is 1.64. The first-order valence-corrected chi connectivity index (χ1v) is 10.3. The summed E-state index contributed by atoms with van der Waals surface area (Å²) in [6, 6.07) is 12.6. The van der Waals surface area contributed by atoms with E-state index in [0.717, 1.165) is 16.3 Å². The molecule has 0 saturated heterocycles. The zero-order valence-electron chi connectivity index (χ0n) is 17.2. The third-order valence-corrected chi connectivity index (χ3v) is 5.29. The molecule has 0 atom stereocenters. The first kappa shape index (κ1) is 20.6. The Morgan fingerprint density at radius 3 is 2.71 bits per heavy atom. The van der Waals surface area contributed by atoms with Gasteiger partial charge < -0.3 is 18.9 Å². The number of nitrogens with zero attached hydrogens (tertiary/aromatic N) is 2. The van der Waals surface area contributed by atoms with Gasteiger partial charge in [-0.1, -0.05) is 12.1 Å². The van der Waals surface area contributed by atoms with Crippen molar-refractivity contribution in [2.24, 2.45) is 4.99 Å². The fourth-order valence-electron chi connectivity index (χ4n) is 2.97. The van der Waals surface area contributed by atoms with E-state index in [2.05, 4.69) is 9.98 Å². The molecule has 1 aromatic heterocycles. The van der Waals surface area contributed by atoms with Crippen LogP contribution in [-0.2, 0) is 16.1 Å². The van der Waals surface area contributed by atoms with Crippen molar-refractivity contribution in [2.45, 2.75) is 13.5 Å². The van der Waals surface area contributed by atoms with Crippen molar-refractivity contribution in [3.8, 4) is 17.2 Å². The third-order valence-electron chi connectivity index (χ3n) is 4.47. The maximum Gasteiger partial charge on any atom is 0.363 e. The van der Waals surface area contributed by atoms with Gasteiger partial charge in [0.2, 0.25) is 5.90 Å². The number of cyclic esters (lactones) is 1. The summed E-state index contributed by atoms with van der Waals surface area (Å²) in [6.45, 7) is 2.30. The molecular weight excluding hydrogens is 416 g/mol. The molecule has 0 saturated carbocycles. The summed E-state index contributed by atoms with van der Waals surface area (Å²) in [5, 5.41) is 2.95. The number of methoxy groups -OCH3 is 2. The fourth-order valence-corrected chi connectivity index (χ4v) is 3.56. The molecule has 3 aromatic rings. The third kappa shape index (κ3) is 4.75. The Hall–Kier alpha value is -3.65. The second-order valence-electron chi connectivity index (χ2n) is 6.62. The topological polar surface area (TPSA) is 79.2 Å². The minimum atomic E-state index is -0.518. The Morgan fingerprint density at radius 1 is 1.10 bits per heavy atom. The number of rotatable bonds is 7. The van der Waals surface area contributed by atoms with Crippen LogP contribution in [0.15, 0.2) is 58.5 Å². The van der Waals surface area contributed by atoms with Crippen LogP contribution in [-0.4, -0.2) is 31.1 Å². The lowest BCUT2D eigenvalue weighted by molar-refractivity contribution is -0.129. The number of aromatic nitrogens is 1. The van der Waals surface area contributed by atoms with Gasteiger partial charge in [-0.15, -0.1) is 11.3 Å². The van der Waals surface area contributed by atoms with Crippen LogP contribution in [0.4, 0.5) is 0 Å². The zero-order valence-corrected chi connectivity index (χ0v) is 18.1. The normalized spacial score (nSPS) is 14.4. The van der Waals surface area contributed by atoms with Crippen molar-refractivity contribution in [1.82, 2.24) is 4.98 Å². The van der Waals surface area contributed by atoms with Gasteiger partial charge in [0, 0.05) is 10.9 Å². The Morgan fingerprint density at radius 2 is 1.97 bits per heavy atom. The largest absolute Gasteiger partial charge is 0.497 e. The molecule has 8 heteroatoms. The summed E-state index contributed by atoms with van der Waals surface area (Å²) < 4.78 is 21.8. The SMILES string of the molecule is COc1cccc(C2=NC(=Cc3ccc(OCc4csc(C)n4)c(OC)c3)C(=O)O2)c1. The van der Waals surface area contributed by atoms with Crippen molar-refractivity contribution in [3.05, 3.63) is 75.4 Å². The van der Waals surface area contributed by atoms with Crippen LogP contribution in [0, 0.1) is 6.92 Å². The highest BCUT2D eigenvalue weighted by Gasteiger charge is 2.24. The van der Waals surface area contributed by atoms with Crippen molar-refractivity contribution in [2.75, 3.05) is 14.2 Å². The van der Waals surface area contributed by atoms with Gasteiger partial charge in [-0.25, -0.2) is 14.8 Å². The van der Waals surface area contributed by atoms with Crippen LogP contribution in [0.25, 0.3) is 6.08 Å². The lowest BCUT2D eigenvalue weighted by atomic mass is 10.1. The number of hydrogen-bond acceptors (Lipinski definition) is 8. The number of carbonyl (C=O) groups is 1. The molecular formula is C23H20N2O5S. The van der Waals surface area contributed by atoms with E-state index in [-0.39, 0.29) is 11.6 Å². The molecule has 0 aliphatic carbocycles. The second kappa shape index (κ2) is 9.01. The van der Waals surface area contributed by atoms with Gasteiger partial charge in [-0.2, -0.15) is 0 Å². The average molecular weight is 436 g/mol. The molecule has 1 aliphatic rings. The Labute approximate surface area is 183 Å². The average Bonchev–Trinajstić information content (AvgIpc) is 3.38. The molecule has 2 heterocycles. The minimum absolute atomic E-state index is 0.200. The molecule has 0 unspecified atom stereocenters. The maximum atomic E-state index is 12.3. The van der Waals surface area contributed by atoms with Gasteiger partial charge >= 0.3 is 5.97 Å². The summed E-state index contributed by atoms with van der Waals surface area (Å²) in [5.41, 5.74) is 2.46. The standard InChI is InChI=1S/C23H20N2O5S/c1-14-24-17(13-31-14)12-29-20-8-7-15(10-21(20)28-3)9-19-23(26)30-22(25-19)16-5-4-6-18(11-16)27-2/h4-11,13H,12H2,1-3H3. The van der Waals surface area contributed by atoms with Gasteiger partial charge in [-0.05, 0) is 48.9 Å². The number of aryl methyl sites for hydroxylation is 1. The number of aliphatic imine (C=N–C) groups is 1. The van der Waals surface area contributed by atoms with Crippen molar-refractivity contribution in [1.29, 1.82) is 0 Å². The molecule has 0 fully saturated rings. The zero-order chi connectivity index (χ0) is 21.8. The number of benzene rings is 2. The fraction of sp³-hybridized carbons (Fsp3) is 0.174. The summed E-state index contributed by atoms with van der Waals surface area (Å²) in [4.78, 5) is 21.0. The molecule has 0 bridgehead atoms. The first-order valence-electron chi connectivity index (χ1n) is 9.44. The van der Waals surface area contributed by atoms with Crippen molar-refractivity contribution >= 4 is 29.3 Å². The van der Waals surface area contributed by atoms with E-state index in [9.17, 15) is 4.79 Å². The second-order valence-corrected chi connectivity index (χ2v) is 7.69. The van der Waals surface area contributed by atoms with Crippen LogP contribution in [0.3, 0.4) is 0 Å². The van der Waals surface area contributed by atoms with Crippen LogP contribution in [0.5, 0.6) is 17.2 Å². The lowest BCUT2D eigenvalue weighted by Crippen LogP contribution is -2.05. The van der Waals surface area contributed by atoms with Crippen LogP contribution >= 0.6 is 11.3 Å². The van der Waals surface area contributed by atoms with E-state index in [1.165, 1.54) is 0 Å². The quantitative estimate of drug-likeness (QED) is 0.404. The number of esters is 1. The highest BCUT2D eigenvalue weighted by Crippen LogP contribution is 2.30. The Bertz CT molecular complexity index is 1180. The van der Waals surface area contributed by atoms with Crippen LogP contribution in [0.1, 0.15) is 21.8 Å². The van der Waals surface area contributed by atoms with Gasteiger partial charge in [0.15, 0.2) is 17.2 Å². The molecule has 31 heavy (non-hydrogen) atoms. The molecule has 158 valence electrons. The van der Waals surface area contributed by atoms with E-state index in [1.807, 2.05) is 30.5 Å². The van der Waals surface area contributed by atoms with Gasteiger partial charge in [0.1, 0.15) is 12.4 Å². The Balaban J connectivity index is 1.54. The van der Waals surface area contributed by atoms with E-state index in [0.29, 0.717) is 29.4 Å². The summed E-state index contributed by atoms with van der Waals surface area (Å²) in [7, 11) is 3.14. The van der Waals surface area contributed by atoms with Gasteiger partial charge in [0.05, 0.1) is 24.9 Å². The highest BCUT2D eigenvalue weighted by molar-refractivity contribution is 7.09. The monoisotopic (exact) mass is 436 g/mol. The predicted molar refractivity (Wildman–Crippen MR) is 118 cm³/mol.